The fourth-order valence-corrected chi connectivity index (χ4v) is 4.69. The highest BCUT2D eigenvalue weighted by molar-refractivity contribution is 5.95. The lowest BCUT2D eigenvalue weighted by Gasteiger charge is -2.28. The van der Waals surface area contributed by atoms with Gasteiger partial charge in [-0.2, -0.15) is 0 Å². The van der Waals surface area contributed by atoms with Gasteiger partial charge in [-0.15, -0.1) is 0 Å². The van der Waals surface area contributed by atoms with Gasteiger partial charge in [0.1, 0.15) is 0 Å². The number of carbonyl (C=O) groups excluding carboxylic acids is 2. The molecule has 0 aliphatic heterocycles. The topological polar surface area (TPSA) is 239 Å². The number of benzene rings is 1. The van der Waals surface area contributed by atoms with Crippen molar-refractivity contribution in [2.45, 2.75) is 26.2 Å². The van der Waals surface area contributed by atoms with Gasteiger partial charge < -0.3 is 36.7 Å². The van der Waals surface area contributed by atoms with E-state index in [9.17, 15) is 44.1 Å². The summed E-state index contributed by atoms with van der Waals surface area (Å²) in [4.78, 5) is 78.3. The molecule has 0 aliphatic carbocycles. The van der Waals surface area contributed by atoms with Crippen LogP contribution in [0.3, 0.4) is 0 Å². The van der Waals surface area contributed by atoms with Crippen LogP contribution in [0.15, 0.2) is 29.1 Å². The van der Waals surface area contributed by atoms with E-state index in [2.05, 4.69) is 15.6 Å². The van der Waals surface area contributed by atoms with Gasteiger partial charge in [0.25, 0.3) is 0 Å². The lowest BCUT2D eigenvalue weighted by atomic mass is 10.1. The van der Waals surface area contributed by atoms with Crippen molar-refractivity contribution < 1.29 is 39.3 Å². The first-order valence-electron chi connectivity index (χ1n) is 14.6. The second-order valence-electron chi connectivity index (χ2n) is 10.7. The van der Waals surface area contributed by atoms with E-state index in [0.717, 1.165) is 30.2 Å². The molecule has 0 atom stereocenters. The molecule has 248 valence electrons. The zero-order valence-corrected chi connectivity index (χ0v) is 25.4. The van der Waals surface area contributed by atoms with Crippen molar-refractivity contribution in [1.29, 1.82) is 0 Å². The third kappa shape index (κ3) is 14.8. The highest BCUT2D eigenvalue weighted by Gasteiger charge is 2.20. The van der Waals surface area contributed by atoms with E-state index in [0.29, 0.717) is 24.3 Å². The van der Waals surface area contributed by atoms with Crippen LogP contribution in [0, 0.1) is 6.92 Å². The van der Waals surface area contributed by atoms with Crippen molar-refractivity contribution in [3.05, 3.63) is 40.2 Å². The summed E-state index contributed by atoms with van der Waals surface area (Å²) in [5, 5.41) is 34.3. The van der Waals surface area contributed by atoms with E-state index >= 15 is 0 Å². The standard InChI is InChI=1S/C29H43N7O9/c1-20-13-24(37)33-23-14-21(5-6-22(20)23)32-26(39)16-36(19-29(44)45)12-10-34(17-27(40)41)9-11-35(18-28(42)43)15-25(38)31-8-4-2-3-7-30/h5-6,13-14H,2-4,7-12,15-19,30H2,1H3,(H,31,38)(H,32,39)(H,33,37)(H,40,41)(H,42,43)(H,44,45). The molecule has 2 rings (SSSR count). The van der Waals surface area contributed by atoms with Gasteiger partial charge in [0.05, 0.1) is 38.2 Å². The van der Waals surface area contributed by atoms with Crippen LogP contribution in [0.2, 0.25) is 0 Å². The summed E-state index contributed by atoms with van der Waals surface area (Å²) in [5.41, 5.74) is 6.87. The number of carboxylic acids is 3. The van der Waals surface area contributed by atoms with E-state index in [1.54, 1.807) is 25.1 Å². The summed E-state index contributed by atoms with van der Waals surface area (Å²) in [7, 11) is 0. The third-order valence-electron chi connectivity index (χ3n) is 6.81. The molecule has 0 unspecified atom stereocenters. The van der Waals surface area contributed by atoms with Gasteiger partial charge in [-0.3, -0.25) is 43.5 Å². The fraction of sp³-hybridized carbons (Fsp3) is 0.517. The van der Waals surface area contributed by atoms with Crippen LogP contribution in [0.4, 0.5) is 5.69 Å². The van der Waals surface area contributed by atoms with E-state index < -0.39 is 43.4 Å². The van der Waals surface area contributed by atoms with Crippen LogP contribution in [-0.4, -0.2) is 137 Å². The number of fused-ring (bicyclic) bond motifs is 1. The van der Waals surface area contributed by atoms with Gasteiger partial charge in [-0.1, -0.05) is 12.5 Å². The van der Waals surface area contributed by atoms with Crippen molar-refractivity contribution in [3.63, 3.8) is 0 Å². The number of aromatic amines is 1. The van der Waals surface area contributed by atoms with Crippen LogP contribution >= 0.6 is 0 Å². The van der Waals surface area contributed by atoms with E-state index in [4.69, 9.17) is 5.73 Å². The Bertz CT molecular complexity index is 1380. The second kappa shape index (κ2) is 19.1. The van der Waals surface area contributed by atoms with Crippen LogP contribution < -0.4 is 21.9 Å². The van der Waals surface area contributed by atoms with Gasteiger partial charge in [-0.25, -0.2) is 0 Å². The molecule has 1 aromatic heterocycles. The smallest absolute Gasteiger partial charge is 0.317 e. The van der Waals surface area contributed by atoms with Crippen molar-refractivity contribution in [2.75, 3.05) is 77.3 Å². The molecule has 16 heteroatoms. The zero-order chi connectivity index (χ0) is 33.4. The molecule has 0 saturated carbocycles. The number of rotatable bonds is 22. The SMILES string of the molecule is Cc1cc(=O)[nH]c2cc(NC(=O)CN(CCN(CCN(CC(=O)O)CC(=O)NCCCCCN)CC(=O)O)CC(=O)O)ccc12. The van der Waals surface area contributed by atoms with Crippen LogP contribution in [0.5, 0.6) is 0 Å². The number of carbonyl (C=O) groups is 5. The monoisotopic (exact) mass is 633 g/mol. The Kier molecular flexibility index (Phi) is 15.6. The first-order chi connectivity index (χ1) is 21.4. The zero-order valence-electron chi connectivity index (χ0n) is 25.4. The first-order valence-corrected chi connectivity index (χ1v) is 14.6. The average molecular weight is 634 g/mol. The molecule has 45 heavy (non-hydrogen) atoms. The quantitative estimate of drug-likeness (QED) is 0.0786. The maximum atomic E-state index is 12.8. The Morgan fingerprint density at radius 2 is 1.31 bits per heavy atom. The minimum atomic E-state index is -1.19. The molecule has 16 nitrogen and oxygen atoms in total. The molecule has 8 N–H and O–H groups in total. The van der Waals surface area contributed by atoms with Gasteiger partial charge in [0.2, 0.25) is 17.4 Å². The number of unbranched alkanes of at least 4 members (excludes halogenated alkanes) is 2. The number of nitrogens with zero attached hydrogens (tertiary/aromatic N) is 3. The van der Waals surface area contributed by atoms with Crippen LogP contribution in [0.25, 0.3) is 10.9 Å². The number of aliphatic carboxylic acids is 3. The fourth-order valence-electron chi connectivity index (χ4n) is 4.69. The summed E-state index contributed by atoms with van der Waals surface area (Å²) >= 11 is 0. The van der Waals surface area contributed by atoms with E-state index in [-0.39, 0.29) is 50.7 Å². The Hall–Kier alpha value is -4.38. The van der Waals surface area contributed by atoms with Crippen molar-refractivity contribution in [2.24, 2.45) is 5.73 Å². The third-order valence-corrected chi connectivity index (χ3v) is 6.81. The van der Waals surface area contributed by atoms with Crippen molar-refractivity contribution in [3.8, 4) is 0 Å². The number of carboxylic acid groups (broad SMARTS) is 3. The first kappa shape index (κ1) is 36.8. The molecule has 0 radical (unpaired) electrons. The summed E-state index contributed by atoms with van der Waals surface area (Å²) in [6.07, 6.45) is 2.43. The largest absolute Gasteiger partial charge is 0.480 e. The van der Waals surface area contributed by atoms with Gasteiger partial charge >= 0.3 is 17.9 Å². The molecule has 0 saturated heterocycles. The Morgan fingerprint density at radius 1 is 0.756 bits per heavy atom. The summed E-state index contributed by atoms with van der Waals surface area (Å²) in [5.74, 6) is -4.37. The Labute approximate surface area is 260 Å². The predicted molar refractivity (Wildman–Crippen MR) is 166 cm³/mol. The van der Waals surface area contributed by atoms with E-state index in [1.165, 1.54) is 20.8 Å². The number of pyridine rings is 1. The molecule has 0 bridgehead atoms. The maximum absolute atomic E-state index is 12.8. The number of anilines is 1. The molecule has 2 aromatic rings. The van der Waals surface area contributed by atoms with Gasteiger partial charge in [0, 0.05) is 49.9 Å². The number of aryl methyl sites for hydroxylation is 1. The maximum Gasteiger partial charge on any atom is 0.317 e. The molecular formula is C29H43N7O9. The number of nitrogens with one attached hydrogen (secondary N) is 3. The Morgan fingerprint density at radius 3 is 1.89 bits per heavy atom. The molecule has 1 heterocycles. The summed E-state index contributed by atoms with van der Waals surface area (Å²) < 4.78 is 0. The number of amides is 2. The lowest BCUT2D eigenvalue weighted by molar-refractivity contribution is -0.141. The summed E-state index contributed by atoms with van der Waals surface area (Å²) in [6.45, 7) is 1.12. The number of H-pyrrole nitrogens is 1. The summed E-state index contributed by atoms with van der Waals surface area (Å²) in [6, 6.07) is 6.47. The molecular weight excluding hydrogens is 590 g/mol. The van der Waals surface area contributed by atoms with Crippen molar-refractivity contribution >= 4 is 46.3 Å². The minimum Gasteiger partial charge on any atom is -0.480 e. The predicted octanol–water partition coefficient (Wildman–Crippen LogP) is -0.820. The highest BCUT2D eigenvalue weighted by atomic mass is 16.4. The van der Waals surface area contributed by atoms with Gasteiger partial charge in [0.15, 0.2) is 0 Å². The number of hydrogen-bond donors (Lipinski definition) is 7. The molecule has 0 fully saturated rings. The normalized spacial score (nSPS) is 11.3. The van der Waals surface area contributed by atoms with E-state index in [1.807, 2.05) is 0 Å². The highest BCUT2D eigenvalue weighted by Crippen LogP contribution is 2.19. The van der Waals surface area contributed by atoms with Gasteiger partial charge in [-0.05, 0) is 44.0 Å². The van der Waals surface area contributed by atoms with Crippen molar-refractivity contribution in [1.82, 2.24) is 25.0 Å². The number of aromatic nitrogens is 1. The van der Waals surface area contributed by atoms with Crippen LogP contribution in [0.1, 0.15) is 24.8 Å². The number of hydrogen-bond acceptors (Lipinski definition) is 10. The Balaban J connectivity index is 2.00. The average Bonchev–Trinajstić information content (AvgIpc) is 2.92. The van der Waals surface area contributed by atoms with Crippen LogP contribution in [-0.2, 0) is 24.0 Å². The number of nitrogens with two attached hydrogens (primary N) is 1. The molecule has 0 spiro atoms. The molecule has 1 aromatic carbocycles. The molecule has 0 aliphatic rings. The minimum absolute atomic E-state index is 0.0133. The molecule has 2 amide bonds. The lowest BCUT2D eigenvalue weighted by Crippen LogP contribution is -2.47. The second-order valence-corrected chi connectivity index (χ2v) is 10.7.